The molecule has 5 rings (SSSR count). The standard InChI is InChI=1S/C32H39N3O4/c1-37-30-15-14-25(21-31(30)38-2)28(13-8-20-39-23-24-9-5-3-4-6-10-24)35-22-27-26(32(35)36)11-7-12-29(27)34-18-16-33-17-19-34/h3,5-7,9-12,14-15,21,28,33H,4,8,13,16-20,22-23H2,1-2H3/t28-/m1/s1. The molecule has 0 bridgehead atoms. The van der Waals surface area contributed by atoms with Gasteiger partial charge in [-0.2, -0.15) is 0 Å². The predicted molar refractivity (Wildman–Crippen MR) is 155 cm³/mol. The third-order valence-electron chi connectivity index (χ3n) is 7.68. The summed E-state index contributed by atoms with van der Waals surface area (Å²) in [6.45, 7) is 5.62. The van der Waals surface area contributed by atoms with Crippen molar-refractivity contribution in [3.63, 3.8) is 0 Å². The van der Waals surface area contributed by atoms with E-state index in [2.05, 4.69) is 46.7 Å². The van der Waals surface area contributed by atoms with Gasteiger partial charge in [0.15, 0.2) is 11.5 Å². The minimum atomic E-state index is -0.107. The Balaban J connectivity index is 1.35. The van der Waals surface area contributed by atoms with Crippen molar-refractivity contribution in [2.45, 2.75) is 31.8 Å². The lowest BCUT2D eigenvalue weighted by Gasteiger charge is -2.32. The monoisotopic (exact) mass is 529 g/mol. The number of hydrogen-bond donors (Lipinski definition) is 1. The van der Waals surface area contributed by atoms with Crippen LogP contribution >= 0.6 is 0 Å². The van der Waals surface area contributed by atoms with E-state index in [0.29, 0.717) is 31.3 Å². The number of nitrogens with zero attached hydrogens (tertiary/aromatic N) is 2. The predicted octanol–water partition coefficient (Wildman–Crippen LogP) is 5.05. The molecule has 1 fully saturated rings. The maximum Gasteiger partial charge on any atom is 0.255 e. The highest BCUT2D eigenvalue weighted by atomic mass is 16.5. The summed E-state index contributed by atoms with van der Waals surface area (Å²) in [6, 6.07) is 12.0. The number of hydrogen-bond acceptors (Lipinski definition) is 6. The Morgan fingerprint density at radius 3 is 2.69 bits per heavy atom. The van der Waals surface area contributed by atoms with Gasteiger partial charge in [0.1, 0.15) is 0 Å². The largest absolute Gasteiger partial charge is 0.493 e. The summed E-state index contributed by atoms with van der Waals surface area (Å²) in [5.74, 6) is 1.43. The summed E-state index contributed by atoms with van der Waals surface area (Å²) >= 11 is 0. The molecule has 39 heavy (non-hydrogen) atoms. The fraction of sp³-hybridized carbons (Fsp3) is 0.406. The summed E-state index contributed by atoms with van der Waals surface area (Å²) in [7, 11) is 3.28. The molecule has 0 radical (unpaired) electrons. The summed E-state index contributed by atoms with van der Waals surface area (Å²) in [5, 5.41) is 3.42. The van der Waals surface area contributed by atoms with E-state index in [1.807, 2.05) is 35.2 Å². The number of allylic oxidation sites excluding steroid dienone is 4. The molecule has 7 nitrogen and oxygen atoms in total. The van der Waals surface area contributed by atoms with Gasteiger partial charge in [0, 0.05) is 56.1 Å². The molecule has 0 saturated carbocycles. The van der Waals surface area contributed by atoms with Crippen molar-refractivity contribution in [2.24, 2.45) is 0 Å². The Kier molecular flexibility index (Phi) is 9.01. The fourth-order valence-electron chi connectivity index (χ4n) is 5.64. The number of fused-ring (bicyclic) bond motifs is 1. The number of ether oxygens (including phenoxy) is 3. The van der Waals surface area contributed by atoms with E-state index < -0.39 is 0 Å². The highest BCUT2D eigenvalue weighted by Gasteiger charge is 2.36. The lowest BCUT2D eigenvalue weighted by atomic mass is 9.99. The number of benzene rings is 2. The first-order valence-electron chi connectivity index (χ1n) is 13.9. The molecule has 206 valence electrons. The van der Waals surface area contributed by atoms with Crippen molar-refractivity contribution >= 4 is 11.6 Å². The Morgan fingerprint density at radius 2 is 1.87 bits per heavy atom. The van der Waals surface area contributed by atoms with E-state index in [4.69, 9.17) is 14.2 Å². The molecule has 2 aromatic carbocycles. The number of nitrogens with one attached hydrogen (secondary N) is 1. The zero-order valence-corrected chi connectivity index (χ0v) is 23.0. The van der Waals surface area contributed by atoms with Gasteiger partial charge in [0.2, 0.25) is 0 Å². The minimum absolute atomic E-state index is 0.0863. The van der Waals surface area contributed by atoms with Gasteiger partial charge >= 0.3 is 0 Å². The van der Waals surface area contributed by atoms with Crippen LogP contribution in [0.1, 0.15) is 46.8 Å². The average molecular weight is 530 g/mol. The van der Waals surface area contributed by atoms with Gasteiger partial charge in [-0.25, -0.2) is 0 Å². The van der Waals surface area contributed by atoms with E-state index >= 15 is 0 Å². The van der Waals surface area contributed by atoms with Gasteiger partial charge in [0.25, 0.3) is 5.91 Å². The lowest BCUT2D eigenvalue weighted by molar-refractivity contribution is 0.0672. The van der Waals surface area contributed by atoms with Crippen LogP contribution in [0, 0.1) is 0 Å². The molecular formula is C32H39N3O4. The molecule has 0 unspecified atom stereocenters. The van der Waals surface area contributed by atoms with Crippen molar-refractivity contribution in [1.29, 1.82) is 0 Å². The molecule has 7 heteroatoms. The molecule has 1 N–H and O–H groups in total. The molecule has 2 aromatic rings. The van der Waals surface area contributed by atoms with Gasteiger partial charge in [0.05, 0.1) is 26.9 Å². The second-order valence-corrected chi connectivity index (χ2v) is 10.1. The minimum Gasteiger partial charge on any atom is -0.493 e. The van der Waals surface area contributed by atoms with E-state index in [9.17, 15) is 4.79 Å². The zero-order chi connectivity index (χ0) is 27.0. The van der Waals surface area contributed by atoms with Crippen LogP contribution in [0.2, 0.25) is 0 Å². The second kappa shape index (κ2) is 13.0. The third kappa shape index (κ3) is 6.21. The normalized spacial score (nSPS) is 17.6. The van der Waals surface area contributed by atoms with E-state index in [-0.39, 0.29) is 11.9 Å². The van der Waals surface area contributed by atoms with E-state index in [0.717, 1.165) is 62.1 Å². The van der Waals surface area contributed by atoms with Gasteiger partial charge in [-0.15, -0.1) is 0 Å². The number of carbonyl (C=O) groups is 1. The first-order valence-corrected chi connectivity index (χ1v) is 13.9. The summed E-state index contributed by atoms with van der Waals surface area (Å²) < 4.78 is 17.1. The summed E-state index contributed by atoms with van der Waals surface area (Å²) in [4.78, 5) is 18.3. The van der Waals surface area contributed by atoms with Crippen molar-refractivity contribution < 1.29 is 19.0 Å². The average Bonchev–Trinajstić information content (AvgIpc) is 3.13. The Bertz CT molecular complexity index is 1250. The topological polar surface area (TPSA) is 63.3 Å². The van der Waals surface area contributed by atoms with Crippen molar-refractivity contribution in [3.05, 3.63) is 89.0 Å². The van der Waals surface area contributed by atoms with Crippen LogP contribution < -0.4 is 19.7 Å². The second-order valence-electron chi connectivity index (χ2n) is 10.1. The Labute approximate surface area is 231 Å². The van der Waals surface area contributed by atoms with Crippen LogP contribution in [0.25, 0.3) is 0 Å². The lowest BCUT2D eigenvalue weighted by Crippen LogP contribution is -2.43. The van der Waals surface area contributed by atoms with Gasteiger partial charge in [-0.3, -0.25) is 4.79 Å². The number of methoxy groups -OCH3 is 2. The SMILES string of the molecule is COc1ccc([C@@H](CCCOCC2=CC=CCC=C2)N2Cc3c(cccc3N3CCNCC3)C2=O)cc1OC. The number of carbonyl (C=O) groups excluding carboxylic acids is 1. The van der Waals surface area contributed by atoms with Crippen LogP contribution in [-0.2, 0) is 11.3 Å². The van der Waals surface area contributed by atoms with Gasteiger partial charge in [-0.05, 0) is 54.7 Å². The fourth-order valence-corrected chi connectivity index (χ4v) is 5.64. The van der Waals surface area contributed by atoms with Crippen LogP contribution in [0.3, 0.4) is 0 Å². The van der Waals surface area contributed by atoms with Crippen LogP contribution in [0.4, 0.5) is 5.69 Å². The third-order valence-corrected chi connectivity index (χ3v) is 7.68. The van der Waals surface area contributed by atoms with Crippen molar-refractivity contribution in [3.8, 4) is 11.5 Å². The maximum absolute atomic E-state index is 13.8. The molecule has 0 aromatic heterocycles. The van der Waals surface area contributed by atoms with Gasteiger partial charge in [-0.1, -0.05) is 42.5 Å². The molecule has 0 spiro atoms. The van der Waals surface area contributed by atoms with Crippen LogP contribution in [0.15, 0.2) is 72.4 Å². The van der Waals surface area contributed by atoms with Crippen molar-refractivity contribution in [2.75, 3.05) is 58.5 Å². The molecule has 3 aliphatic rings. The maximum atomic E-state index is 13.8. The zero-order valence-electron chi connectivity index (χ0n) is 23.0. The first kappa shape index (κ1) is 27.0. The Morgan fingerprint density at radius 1 is 1.03 bits per heavy atom. The van der Waals surface area contributed by atoms with Gasteiger partial charge < -0.3 is 29.3 Å². The molecule has 1 amide bonds. The molecule has 2 heterocycles. The molecule has 1 aliphatic carbocycles. The Hall–Kier alpha value is -3.55. The van der Waals surface area contributed by atoms with Crippen molar-refractivity contribution in [1.82, 2.24) is 10.2 Å². The van der Waals surface area contributed by atoms with E-state index in [1.165, 1.54) is 11.3 Å². The highest BCUT2D eigenvalue weighted by Crippen LogP contribution is 2.40. The van der Waals surface area contributed by atoms with Crippen LogP contribution in [-0.4, -0.2) is 64.4 Å². The summed E-state index contributed by atoms with van der Waals surface area (Å²) in [5.41, 5.74) is 5.33. The van der Waals surface area contributed by atoms with Crippen LogP contribution in [0.5, 0.6) is 11.5 Å². The molecule has 1 atom stereocenters. The molecule has 2 aliphatic heterocycles. The van der Waals surface area contributed by atoms with E-state index in [1.54, 1.807) is 14.2 Å². The quantitative estimate of drug-likeness (QED) is 0.411. The first-order chi connectivity index (χ1) is 19.2. The number of rotatable bonds is 11. The molecule has 1 saturated heterocycles. The number of piperazine rings is 1. The molecular weight excluding hydrogens is 490 g/mol. The summed E-state index contributed by atoms with van der Waals surface area (Å²) in [6.07, 6.45) is 13.2. The smallest absolute Gasteiger partial charge is 0.255 e. The number of amides is 1. The number of anilines is 1. The highest BCUT2D eigenvalue weighted by molar-refractivity contribution is 6.00.